The Bertz CT molecular complexity index is 232. The molecule has 0 saturated heterocycles. The third-order valence-electron chi connectivity index (χ3n) is 1.23. The molecule has 0 aromatic carbocycles. The van der Waals surface area contributed by atoms with Crippen molar-refractivity contribution in [3.8, 4) is 0 Å². The number of hydrogen-bond acceptors (Lipinski definition) is 2. The van der Waals surface area contributed by atoms with Gasteiger partial charge in [-0.25, -0.2) is 9.97 Å². The second-order valence-electron chi connectivity index (χ2n) is 2.21. The Morgan fingerprint density at radius 2 is 2.27 bits per heavy atom. The molecule has 0 atom stereocenters. The fraction of sp³-hybridized carbons (Fsp3) is 0.429. The van der Waals surface area contributed by atoms with Gasteiger partial charge in [-0.1, -0.05) is 15.9 Å². The van der Waals surface area contributed by atoms with E-state index in [2.05, 4.69) is 25.9 Å². The average molecular weight is 236 g/mol. The molecule has 0 saturated carbocycles. The normalized spacial score (nSPS) is 10.1. The van der Waals surface area contributed by atoms with Crippen LogP contribution in [-0.2, 0) is 6.42 Å². The van der Waals surface area contributed by atoms with Crippen LogP contribution in [0.25, 0.3) is 0 Å². The van der Waals surface area contributed by atoms with Crippen LogP contribution < -0.4 is 0 Å². The van der Waals surface area contributed by atoms with Crippen molar-refractivity contribution in [2.24, 2.45) is 0 Å². The Hall–Kier alpha value is -0.150. The van der Waals surface area contributed by atoms with E-state index in [4.69, 9.17) is 11.6 Å². The summed E-state index contributed by atoms with van der Waals surface area (Å²) in [6.07, 6.45) is 0.892. The van der Waals surface area contributed by atoms with E-state index in [1.807, 2.05) is 13.0 Å². The summed E-state index contributed by atoms with van der Waals surface area (Å²) in [6.45, 7) is 1.91. The minimum absolute atomic E-state index is 0.334. The van der Waals surface area contributed by atoms with Gasteiger partial charge in [0, 0.05) is 16.7 Å². The zero-order valence-electron chi connectivity index (χ0n) is 6.14. The Morgan fingerprint density at radius 3 is 2.82 bits per heavy atom. The van der Waals surface area contributed by atoms with Gasteiger partial charge in [-0.3, -0.25) is 0 Å². The minimum Gasteiger partial charge on any atom is -0.223 e. The van der Waals surface area contributed by atoms with E-state index in [-0.39, 0.29) is 0 Å². The number of rotatable bonds is 2. The predicted molar refractivity (Wildman–Crippen MR) is 49.3 cm³/mol. The highest BCUT2D eigenvalue weighted by atomic mass is 79.9. The SMILES string of the molecule is Cc1cc(CCBr)nc(Cl)n1. The fourth-order valence-corrected chi connectivity index (χ4v) is 1.47. The Morgan fingerprint density at radius 1 is 1.55 bits per heavy atom. The number of nitrogens with zero attached hydrogens (tertiary/aromatic N) is 2. The standard InChI is InChI=1S/C7H8BrClN2/c1-5-4-6(2-3-8)11-7(9)10-5/h4H,2-3H2,1H3. The van der Waals surface area contributed by atoms with Gasteiger partial charge in [0.2, 0.25) is 5.28 Å². The molecular formula is C7H8BrClN2. The van der Waals surface area contributed by atoms with Crippen LogP contribution in [0.1, 0.15) is 11.4 Å². The molecule has 0 aliphatic carbocycles. The average Bonchev–Trinajstić information content (AvgIpc) is 1.85. The van der Waals surface area contributed by atoms with Crippen molar-refractivity contribution in [1.29, 1.82) is 0 Å². The third kappa shape index (κ3) is 2.75. The zero-order valence-corrected chi connectivity index (χ0v) is 8.48. The number of aryl methyl sites for hydroxylation is 2. The number of alkyl halides is 1. The van der Waals surface area contributed by atoms with E-state index in [0.717, 1.165) is 23.1 Å². The molecule has 0 unspecified atom stereocenters. The van der Waals surface area contributed by atoms with Gasteiger partial charge in [0.05, 0.1) is 0 Å². The van der Waals surface area contributed by atoms with Crippen molar-refractivity contribution >= 4 is 27.5 Å². The summed E-state index contributed by atoms with van der Waals surface area (Å²) in [5, 5.41) is 1.24. The maximum absolute atomic E-state index is 5.65. The Kier molecular flexibility index (Phi) is 3.27. The summed E-state index contributed by atoms with van der Waals surface area (Å²) in [5.74, 6) is 0. The van der Waals surface area contributed by atoms with Crippen LogP contribution in [0.5, 0.6) is 0 Å². The van der Waals surface area contributed by atoms with Crippen molar-refractivity contribution in [1.82, 2.24) is 9.97 Å². The summed E-state index contributed by atoms with van der Waals surface area (Å²) in [4.78, 5) is 8.00. The second kappa shape index (κ2) is 4.02. The lowest BCUT2D eigenvalue weighted by molar-refractivity contribution is 0.986. The molecule has 1 rings (SSSR count). The molecule has 0 aliphatic rings. The maximum atomic E-state index is 5.65. The number of aromatic nitrogens is 2. The molecule has 1 heterocycles. The van der Waals surface area contributed by atoms with Crippen LogP contribution >= 0.6 is 27.5 Å². The lowest BCUT2D eigenvalue weighted by Crippen LogP contribution is -1.95. The lowest BCUT2D eigenvalue weighted by atomic mass is 10.3. The smallest absolute Gasteiger partial charge is 0.222 e. The maximum Gasteiger partial charge on any atom is 0.222 e. The minimum atomic E-state index is 0.334. The molecule has 0 radical (unpaired) electrons. The molecule has 60 valence electrons. The molecule has 0 N–H and O–H groups in total. The first kappa shape index (κ1) is 8.94. The van der Waals surface area contributed by atoms with Gasteiger partial charge >= 0.3 is 0 Å². The molecule has 0 bridgehead atoms. The molecular weight excluding hydrogens is 227 g/mol. The van der Waals surface area contributed by atoms with Crippen molar-refractivity contribution in [3.05, 3.63) is 22.7 Å². The number of hydrogen-bond donors (Lipinski definition) is 0. The molecule has 0 spiro atoms. The molecule has 11 heavy (non-hydrogen) atoms. The summed E-state index contributed by atoms with van der Waals surface area (Å²) in [5.41, 5.74) is 1.90. The van der Waals surface area contributed by atoms with E-state index in [1.165, 1.54) is 0 Å². The molecule has 4 heteroatoms. The Labute approximate surface area is 79.1 Å². The van der Waals surface area contributed by atoms with Gasteiger partial charge in [0.15, 0.2) is 0 Å². The third-order valence-corrected chi connectivity index (χ3v) is 1.80. The van der Waals surface area contributed by atoms with Gasteiger partial charge in [0.1, 0.15) is 0 Å². The van der Waals surface area contributed by atoms with Crippen molar-refractivity contribution in [3.63, 3.8) is 0 Å². The van der Waals surface area contributed by atoms with Crippen LogP contribution in [0.3, 0.4) is 0 Å². The van der Waals surface area contributed by atoms with Gasteiger partial charge < -0.3 is 0 Å². The lowest BCUT2D eigenvalue weighted by Gasteiger charge is -1.98. The molecule has 0 amide bonds. The molecule has 0 aliphatic heterocycles. The zero-order chi connectivity index (χ0) is 8.27. The van der Waals surface area contributed by atoms with Gasteiger partial charge in [-0.05, 0) is 31.0 Å². The van der Waals surface area contributed by atoms with Crippen molar-refractivity contribution in [2.75, 3.05) is 5.33 Å². The highest BCUT2D eigenvalue weighted by molar-refractivity contribution is 9.09. The van der Waals surface area contributed by atoms with Crippen LogP contribution in [0.4, 0.5) is 0 Å². The largest absolute Gasteiger partial charge is 0.223 e. The van der Waals surface area contributed by atoms with E-state index in [9.17, 15) is 0 Å². The van der Waals surface area contributed by atoms with Gasteiger partial charge in [-0.2, -0.15) is 0 Å². The predicted octanol–water partition coefficient (Wildman–Crippen LogP) is 2.38. The molecule has 1 aromatic rings. The van der Waals surface area contributed by atoms with Crippen molar-refractivity contribution < 1.29 is 0 Å². The first-order valence-electron chi connectivity index (χ1n) is 3.28. The van der Waals surface area contributed by atoms with Crippen LogP contribution in [0, 0.1) is 6.92 Å². The topological polar surface area (TPSA) is 25.8 Å². The molecule has 0 fully saturated rings. The summed E-state index contributed by atoms with van der Waals surface area (Å²) >= 11 is 8.98. The summed E-state index contributed by atoms with van der Waals surface area (Å²) < 4.78 is 0. The van der Waals surface area contributed by atoms with E-state index < -0.39 is 0 Å². The van der Waals surface area contributed by atoms with Crippen LogP contribution in [-0.4, -0.2) is 15.3 Å². The van der Waals surface area contributed by atoms with Crippen LogP contribution in [0.15, 0.2) is 6.07 Å². The Balaban J connectivity index is 2.89. The summed E-state index contributed by atoms with van der Waals surface area (Å²) in [6, 6.07) is 1.94. The van der Waals surface area contributed by atoms with E-state index >= 15 is 0 Å². The fourth-order valence-electron chi connectivity index (χ4n) is 0.820. The van der Waals surface area contributed by atoms with Gasteiger partial charge in [-0.15, -0.1) is 0 Å². The number of halogens is 2. The van der Waals surface area contributed by atoms with Crippen molar-refractivity contribution in [2.45, 2.75) is 13.3 Å². The van der Waals surface area contributed by atoms with Crippen LogP contribution in [0.2, 0.25) is 5.28 Å². The monoisotopic (exact) mass is 234 g/mol. The quantitative estimate of drug-likeness (QED) is 0.581. The van der Waals surface area contributed by atoms with E-state index in [0.29, 0.717) is 5.28 Å². The first-order chi connectivity index (χ1) is 5.22. The highest BCUT2D eigenvalue weighted by Crippen LogP contribution is 2.06. The van der Waals surface area contributed by atoms with E-state index in [1.54, 1.807) is 0 Å². The summed E-state index contributed by atoms with van der Waals surface area (Å²) in [7, 11) is 0. The first-order valence-corrected chi connectivity index (χ1v) is 4.78. The molecule has 2 nitrogen and oxygen atoms in total. The highest BCUT2D eigenvalue weighted by Gasteiger charge is 1.97. The molecule has 1 aromatic heterocycles. The van der Waals surface area contributed by atoms with Gasteiger partial charge in [0.25, 0.3) is 0 Å². The second-order valence-corrected chi connectivity index (χ2v) is 3.34.